The van der Waals surface area contributed by atoms with Gasteiger partial charge in [-0.2, -0.15) is 15.3 Å². The van der Waals surface area contributed by atoms with Gasteiger partial charge in [-0.25, -0.2) is 5.43 Å². The molecule has 1 N–H and O–H groups in total. The average molecular weight is 294 g/mol. The van der Waals surface area contributed by atoms with Crippen LogP contribution >= 0.6 is 0 Å². The molecule has 6 heteroatoms. The topological polar surface area (TPSA) is 75.4 Å². The van der Waals surface area contributed by atoms with Crippen molar-refractivity contribution in [2.45, 2.75) is 6.04 Å². The highest BCUT2D eigenvalue weighted by atomic mass is 16.5. The van der Waals surface area contributed by atoms with E-state index in [2.05, 4.69) is 20.8 Å². The maximum atomic E-state index is 11.9. The average Bonchev–Trinajstić information content (AvgIpc) is 2.95. The van der Waals surface area contributed by atoms with Crippen LogP contribution in [-0.2, 0) is 4.79 Å². The molecular formula is C16H14N4O2. The predicted octanol–water partition coefficient (Wildman–Crippen LogP) is 2.68. The van der Waals surface area contributed by atoms with Gasteiger partial charge in [0.2, 0.25) is 0 Å². The van der Waals surface area contributed by atoms with Crippen molar-refractivity contribution in [1.82, 2.24) is 5.43 Å². The minimum Gasteiger partial charge on any atom is -0.497 e. The number of carbonyl (C=O) groups is 1. The van der Waals surface area contributed by atoms with E-state index in [1.165, 1.54) is 0 Å². The molecular weight excluding hydrogens is 280 g/mol. The van der Waals surface area contributed by atoms with E-state index in [1.807, 2.05) is 30.3 Å². The molecule has 1 atom stereocenters. The fourth-order valence-electron chi connectivity index (χ4n) is 2.07. The Kier molecular flexibility index (Phi) is 3.91. The summed E-state index contributed by atoms with van der Waals surface area (Å²) >= 11 is 0. The maximum Gasteiger partial charge on any atom is 0.273 e. The summed E-state index contributed by atoms with van der Waals surface area (Å²) in [4.78, 5) is 11.9. The molecule has 3 rings (SSSR count). The third-order valence-corrected chi connectivity index (χ3v) is 3.22. The van der Waals surface area contributed by atoms with Crippen molar-refractivity contribution in [1.29, 1.82) is 0 Å². The molecule has 2 aromatic rings. The summed E-state index contributed by atoms with van der Waals surface area (Å²) in [5, 5.41) is 12.3. The number of hydrogen-bond acceptors (Lipinski definition) is 5. The zero-order valence-corrected chi connectivity index (χ0v) is 11.9. The Hall–Kier alpha value is -3.02. The molecule has 1 unspecified atom stereocenters. The molecule has 0 saturated heterocycles. The second-order valence-electron chi connectivity index (χ2n) is 4.66. The molecule has 110 valence electrons. The minimum absolute atomic E-state index is 0.281. The van der Waals surface area contributed by atoms with E-state index in [0.717, 1.165) is 11.3 Å². The predicted molar refractivity (Wildman–Crippen MR) is 82.4 cm³/mol. The Labute approximate surface area is 127 Å². The van der Waals surface area contributed by atoms with Crippen molar-refractivity contribution >= 4 is 17.3 Å². The van der Waals surface area contributed by atoms with Crippen molar-refractivity contribution in [3.05, 3.63) is 60.2 Å². The molecule has 0 saturated carbocycles. The van der Waals surface area contributed by atoms with Gasteiger partial charge < -0.3 is 4.74 Å². The van der Waals surface area contributed by atoms with E-state index in [9.17, 15) is 4.79 Å². The van der Waals surface area contributed by atoms with Gasteiger partial charge in [-0.05, 0) is 24.3 Å². The third-order valence-electron chi connectivity index (χ3n) is 3.22. The standard InChI is InChI=1S/C16H14N4O2/c1-22-13-9-7-12(8-10-13)17-19-15-14(18-20-16(15)21)11-5-3-2-4-6-11/h2-10,15H,1H3,(H,20,21). The highest BCUT2D eigenvalue weighted by Crippen LogP contribution is 2.20. The summed E-state index contributed by atoms with van der Waals surface area (Å²) < 4.78 is 5.08. The molecule has 1 heterocycles. The maximum absolute atomic E-state index is 11.9. The molecule has 1 aliphatic rings. The summed E-state index contributed by atoms with van der Waals surface area (Å²) in [6, 6.07) is 15.8. The number of methoxy groups -OCH3 is 1. The van der Waals surface area contributed by atoms with Crippen molar-refractivity contribution in [3.63, 3.8) is 0 Å². The van der Waals surface area contributed by atoms with Crippen LogP contribution in [-0.4, -0.2) is 24.8 Å². The zero-order chi connectivity index (χ0) is 15.4. The van der Waals surface area contributed by atoms with Gasteiger partial charge in [0.25, 0.3) is 5.91 Å². The number of rotatable bonds is 4. The number of ether oxygens (including phenoxy) is 1. The van der Waals surface area contributed by atoms with Gasteiger partial charge in [0.05, 0.1) is 12.8 Å². The van der Waals surface area contributed by atoms with Gasteiger partial charge in [0.1, 0.15) is 11.5 Å². The molecule has 1 aliphatic heterocycles. The fraction of sp³-hybridized carbons (Fsp3) is 0.125. The van der Waals surface area contributed by atoms with Crippen LogP contribution in [0.5, 0.6) is 5.75 Å². The van der Waals surface area contributed by atoms with E-state index in [1.54, 1.807) is 31.4 Å². The Morgan fingerprint density at radius 3 is 2.50 bits per heavy atom. The fourth-order valence-corrected chi connectivity index (χ4v) is 2.07. The summed E-state index contributed by atoms with van der Waals surface area (Å²) in [6.07, 6.45) is 0. The second-order valence-corrected chi connectivity index (χ2v) is 4.66. The second kappa shape index (κ2) is 6.17. The number of nitrogens with zero attached hydrogens (tertiary/aromatic N) is 3. The lowest BCUT2D eigenvalue weighted by atomic mass is 10.0. The van der Waals surface area contributed by atoms with Gasteiger partial charge in [-0.1, -0.05) is 30.3 Å². The molecule has 22 heavy (non-hydrogen) atoms. The number of benzene rings is 2. The van der Waals surface area contributed by atoms with Crippen LogP contribution in [0.4, 0.5) is 5.69 Å². The van der Waals surface area contributed by atoms with Crippen LogP contribution in [0.25, 0.3) is 0 Å². The van der Waals surface area contributed by atoms with Gasteiger partial charge in [0, 0.05) is 5.56 Å². The van der Waals surface area contributed by atoms with Crippen LogP contribution in [0, 0.1) is 0 Å². The van der Waals surface area contributed by atoms with E-state index in [4.69, 9.17) is 4.74 Å². The van der Waals surface area contributed by atoms with E-state index in [-0.39, 0.29) is 5.91 Å². The third kappa shape index (κ3) is 2.85. The highest BCUT2D eigenvalue weighted by molar-refractivity contribution is 6.19. The number of azo groups is 1. The molecule has 0 aromatic heterocycles. The van der Waals surface area contributed by atoms with Crippen LogP contribution in [0.15, 0.2) is 69.9 Å². The zero-order valence-electron chi connectivity index (χ0n) is 11.9. The summed E-state index contributed by atoms with van der Waals surface area (Å²) in [6.45, 7) is 0. The lowest BCUT2D eigenvalue weighted by molar-refractivity contribution is -0.120. The molecule has 6 nitrogen and oxygen atoms in total. The lowest BCUT2D eigenvalue weighted by Gasteiger charge is -2.04. The largest absolute Gasteiger partial charge is 0.497 e. The van der Waals surface area contributed by atoms with Crippen molar-refractivity contribution in [2.24, 2.45) is 15.3 Å². The minimum atomic E-state index is -0.732. The lowest BCUT2D eigenvalue weighted by Crippen LogP contribution is -2.27. The first-order chi connectivity index (χ1) is 10.8. The number of hydrazone groups is 1. The van der Waals surface area contributed by atoms with Crippen molar-refractivity contribution < 1.29 is 9.53 Å². The number of nitrogens with one attached hydrogen (secondary N) is 1. The summed E-state index contributed by atoms with van der Waals surface area (Å²) in [5.74, 6) is 0.459. The van der Waals surface area contributed by atoms with Gasteiger partial charge in [-0.15, -0.1) is 0 Å². The molecule has 2 aromatic carbocycles. The SMILES string of the molecule is COc1ccc(N=NC2C(=O)NN=C2c2ccccc2)cc1. The monoisotopic (exact) mass is 294 g/mol. The summed E-state index contributed by atoms with van der Waals surface area (Å²) in [7, 11) is 1.60. The van der Waals surface area contributed by atoms with Crippen molar-refractivity contribution in [2.75, 3.05) is 7.11 Å². The molecule has 0 bridgehead atoms. The first-order valence-corrected chi connectivity index (χ1v) is 6.75. The Morgan fingerprint density at radius 2 is 1.82 bits per heavy atom. The van der Waals surface area contributed by atoms with E-state index >= 15 is 0 Å². The van der Waals surface area contributed by atoms with E-state index in [0.29, 0.717) is 11.4 Å². The highest BCUT2D eigenvalue weighted by Gasteiger charge is 2.30. The smallest absolute Gasteiger partial charge is 0.273 e. The molecule has 1 amide bonds. The van der Waals surface area contributed by atoms with Crippen LogP contribution in [0.2, 0.25) is 0 Å². The Bertz CT molecular complexity index is 724. The quantitative estimate of drug-likeness (QED) is 0.880. The van der Waals surface area contributed by atoms with Crippen LogP contribution in [0.3, 0.4) is 0 Å². The molecule has 0 aliphatic carbocycles. The Balaban J connectivity index is 1.81. The van der Waals surface area contributed by atoms with Crippen LogP contribution < -0.4 is 10.2 Å². The van der Waals surface area contributed by atoms with Crippen molar-refractivity contribution in [3.8, 4) is 5.75 Å². The van der Waals surface area contributed by atoms with Gasteiger partial charge in [0.15, 0.2) is 6.04 Å². The number of amides is 1. The summed E-state index contributed by atoms with van der Waals surface area (Å²) in [5.41, 5.74) is 4.51. The van der Waals surface area contributed by atoms with E-state index < -0.39 is 6.04 Å². The number of hydrogen-bond donors (Lipinski definition) is 1. The number of carbonyl (C=O) groups excluding carboxylic acids is 1. The first kappa shape index (κ1) is 13.9. The molecule has 0 spiro atoms. The normalized spacial score (nSPS) is 17.4. The molecule has 0 radical (unpaired) electrons. The first-order valence-electron chi connectivity index (χ1n) is 6.75. The Morgan fingerprint density at radius 1 is 1.09 bits per heavy atom. The van der Waals surface area contributed by atoms with Gasteiger partial charge in [-0.3, -0.25) is 4.79 Å². The molecule has 0 fully saturated rings. The van der Waals surface area contributed by atoms with Crippen LogP contribution in [0.1, 0.15) is 5.56 Å². The van der Waals surface area contributed by atoms with Gasteiger partial charge >= 0.3 is 0 Å².